The number of nitrogens with one attached hydrogen (secondary N) is 1. The molecule has 0 aliphatic carbocycles. The third-order valence-corrected chi connectivity index (χ3v) is 6.79. The van der Waals surface area contributed by atoms with Gasteiger partial charge in [0, 0.05) is 13.1 Å². The van der Waals surface area contributed by atoms with E-state index in [1.165, 1.54) is 0 Å². The predicted octanol–water partition coefficient (Wildman–Crippen LogP) is 3.14. The topological polar surface area (TPSA) is 66.5 Å². The van der Waals surface area contributed by atoms with Crippen LogP contribution in [0.15, 0.2) is 59.5 Å². The fourth-order valence-corrected chi connectivity index (χ4v) is 4.64. The van der Waals surface area contributed by atoms with Crippen molar-refractivity contribution in [3.63, 3.8) is 0 Å². The molecule has 5 nitrogen and oxygen atoms in total. The first-order chi connectivity index (χ1) is 13.3. The lowest BCUT2D eigenvalue weighted by Gasteiger charge is -2.33. The lowest BCUT2D eigenvalue weighted by atomic mass is 9.98. The molecule has 0 saturated carbocycles. The Hall–Kier alpha value is -2.18. The summed E-state index contributed by atoms with van der Waals surface area (Å²) in [4.78, 5) is 15.1. The highest BCUT2D eigenvalue weighted by molar-refractivity contribution is 7.89. The van der Waals surface area contributed by atoms with E-state index >= 15 is 0 Å². The monoisotopic (exact) mass is 400 g/mol. The van der Waals surface area contributed by atoms with E-state index in [1.54, 1.807) is 29.2 Å². The molecule has 1 N–H and O–H groups in total. The summed E-state index contributed by atoms with van der Waals surface area (Å²) >= 11 is 0. The Labute approximate surface area is 167 Å². The van der Waals surface area contributed by atoms with Crippen LogP contribution in [0.4, 0.5) is 0 Å². The van der Waals surface area contributed by atoms with Crippen molar-refractivity contribution in [2.24, 2.45) is 5.92 Å². The third-order valence-electron chi connectivity index (χ3n) is 5.30. The van der Waals surface area contributed by atoms with Gasteiger partial charge in [-0.05, 0) is 49.8 Å². The summed E-state index contributed by atoms with van der Waals surface area (Å²) in [5.41, 5.74) is 1.91. The molecule has 28 heavy (non-hydrogen) atoms. The van der Waals surface area contributed by atoms with Gasteiger partial charge in [-0.3, -0.25) is 4.79 Å². The van der Waals surface area contributed by atoms with E-state index in [0.29, 0.717) is 25.4 Å². The molecule has 1 heterocycles. The quantitative estimate of drug-likeness (QED) is 0.810. The van der Waals surface area contributed by atoms with E-state index in [2.05, 4.69) is 11.6 Å². The largest absolute Gasteiger partial charge is 0.341 e. The van der Waals surface area contributed by atoms with Crippen molar-refractivity contribution in [1.29, 1.82) is 0 Å². The zero-order valence-electron chi connectivity index (χ0n) is 16.5. The molecule has 1 saturated heterocycles. The lowest BCUT2D eigenvalue weighted by molar-refractivity contribution is -0.134. The van der Waals surface area contributed by atoms with E-state index in [4.69, 9.17) is 0 Å². The van der Waals surface area contributed by atoms with Gasteiger partial charge in [0.05, 0.1) is 4.90 Å². The molecule has 0 radical (unpaired) electrons. The van der Waals surface area contributed by atoms with Gasteiger partial charge in [-0.15, -0.1) is 0 Å². The van der Waals surface area contributed by atoms with Crippen LogP contribution in [0, 0.1) is 12.8 Å². The van der Waals surface area contributed by atoms with E-state index in [1.807, 2.05) is 37.3 Å². The van der Waals surface area contributed by atoms with E-state index < -0.39 is 16.1 Å². The summed E-state index contributed by atoms with van der Waals surface area (Å²) in [6, 6.07) is 15.4. The van der Waals surface area contributed by atoms with Gasteiger partial charge in [-0.2, -0.15) is 4.72 Å². The standard InChI is InChI=1S/C22H28N2O3S/c1-17-8-10-20(11-9-17)28(26,27)23-21(16-19-6-4-3-5-7-19)22(25)24-14-12-18(2)13-15-24/h3-11,18,21,23H,12-16H2,1-2H3/t21-/m1/s1. The van der Waals surface area contributed by atoms with Gasteiger partial charge >= 0.3 is 0 Å². The highest BCUT2D eigenvalue weighted by Gasteiger charge is 2.31. The number of sulfonamides is 1. The second-order valence-corrected chi connectivity index (χ2v) is 9.40. The smallest absolute Gasteiger partial charge is 0.241 e. The number of benzene rings is 2. The van der Waals surface area contributed by atoms with Crippen molar-refractivity contribution in [2.45, 2.75) is 44.0 Å². The van der Waals surface area contributed by atoms with Crippen LogP contribution >= 0.6 is 0 Å². The van der Waals surface area contributed by atoms with Gasteiger partial charge < -0.3 is 4.90 Å². The summed E-state index contributed by atoms with van der Waals surface area (Å²) in [5.74, 6) is 0.451. The Bertz CT molecular complexity index is 887. The van der Waals surface area contributed by atoms with Crippen LogP contribution < -0.4 is 4.72 Å². The fraction of sp³-hybridized carbons (Fsp3) is 0.409. The Morgan fingerprint density at radius 2 is 1.68 bits per heavy atom. The van der Waals surface area contributed by atoms with Crippen LogP contribution in [-0.4, -0.2) is 38.4 Å². The maximum atomic E-state index is 13.2. The number of aryl methyl sites for hydroxylation is 1. The molecular weight excluding hydrogens is 372 g/mol. The number of hydrogen-bond acceptors (Lipinski definition) is 3. The van der Waals surface area contributed by atoms with Gasteiger partial charge in [0.15, 0.2) is 0 Å². The summed E-state index contributed by atoms with van der Waals surface area (Å²) < 4.78 is 28.5. The first-order valence-corrected chi connectivity index (χ1v) is 11.2. The average molecular weight is 401 g/mol. The van der Waals surface area contributed by atoms with Crippen LogP contribution in [-0.2, 0) is 21.2 Å². The van der Waals surface area contributed by atoms with Crippen LogP contribution in [0.5, 0.6) is 0 Å². The van der Waals surface area contributed by atoms with Crippen LogP contribution in [0.2, 0.25) is 0 Å². The van der Waals surface area contributed by atoms with Gasteiger partial charge in [0.25, 0.3) is 0 Å². The summed E-state index contributed by atoms with van der Waals surface area (Å²) in [6.07, 6.45) is 2.24. The zero-order valence-corrected chi connectivity index (χ0v) is 17.3. The molecule has 2 aromatic rings. The van der Waals surface area contributed by atoms with Crippen LogP contribution in [0.25, 0.3) is 0 Å². The molecular formula is C22H28N2O3S. The molecule has 1 atom stereocenters. The second kappa shape index (κ2) is 8.88. The summed E-state index contributed by atoms with van der Waals surface area (Å²) in [6.45, 7) is 5.45. The van der Waals surface area contributed by atoms with E-state index in [-0.39, 0.29) is 10.8 Å². The lowest BCUT2D eigenvalue weighted by Crippen LogP contribution is -2.51. The number of carbonyl (C=O) groups is 1. The van der Waals surface area contributed by atoms with Crippen molar-refractivity contribution >= 4 is 15.9 Å². The number of rotatable bonds is 6. The Balaban J connectivity index is 1.83. The Morgan fingerprint density at radius 1 is 1.07 bits per heavy atom. The highest BCUT2D eigenvalue weighted by Crippen LogP contribution is 2.19. The van der Waals surface area contributed by atoms with Gasteiger partial charge in [0.1, 0.15) is 6.04 Å². The normalized spacial score (nSPS) is 16.7. The average Bonchev–Trinajstić information content (AvgIpc) is 2.68. The van der Waals surface area contributed by atoms with Gasteiger partial charge in [-0.25, -0.2) is 8.42 Å². The molecule has 1 aliphatic rings. The first-order valence-electron chi connectivity index (χ1n) is 9.77. The SMILES string of the molecule is Cc1ccc(S(=O)(=O)N[C@H](Cc2ccccc2)C(=O)N2CCC(C)CC2)cc1. The molecule has 1 amide bonds. The molecule has 1 fully saturated rings. The number of piperidine rings is 1. The van der Waals surface area contributed by atoms with Crippen molar-refractivity contribution in [3.05, 3.63) is 65.7 Å². The summed E-state index contributed by atoms with van der Waals surface area (Å²) in [7, 11) is -3.79. The van der Waals surface area contributed by atoms with Crippen LogP contribution in [0.1, 0.15) is 30.9 Å². The van der Waals surface area contributed by atoms with E-state index in [9.17, 15) is 13.2 Å². The molecule has 1 aliphatic heterocycles. The molecule has 2 aromatic carbocycles. The number of nitrogens with zero attached hydrogens (tertiary/aromatic N) is 1. The molecule has 0 bridgehead atoms. The number of hydrogen-bond donors (Lipinski definition) is 1. The van der Waals surface area contributed by atoms with Crippen LogP contribution in [0.3, 0.4) is 0 Å². The maximum absolute atomic E-state index is 13.2. The van der Waals surface area contributed by atoms with Crippen molar-refractivity contribution in [2.75, 3.05) is 13.1 Å². The van der Waals surface area contributed by atoms with Crippen molar-refractivity contribution < 1.29 is 13.2 Å². The minimum Gasteiger partial charge on any atom is -0.341 e. The zero-order chi connectivity index (χ0) is 20.1. The molecule has 0 spiro atoms. The molecule has 0 aromatic heterocycles. The maximum Gasteiger partial charge on any atom is 0.241 e. The molecule has 3 rings (SSSR count). The predicted molar refractivity (Wildman–Crippen MR) is 110 cm³/mol. The first kappa shape index (κ1) is 20.6. The minimum atomic E-state index is -3.79. The highest BCUT2D eigenvalue weighted by atomic mass is 32.2. The molecule has 6 heteroatoms. The van der Waals surface area contributed by atoms with Gasteiger partial charge in [-0.1, -0.05) is 55.0 Å². The van der Waals surface area contributed by atoms with E-state index in [0.717, 1.165) is 24.0 Å². The number of likely N-dealkylation sites (tertiary alicyclic amines) is 1. The number of amides is 1. The minimum absolute atomic E-state index is 0.147. The summed E-state index contributed by atoms with van der Waals surface area (Å²) in [5, 5.41) is 0. The molecule has 0 unspecified atom stereocenters. The number of carbonyl (C=O) groups excluding carboxylic acids is 1. The molecule has 150 valence electrons. The Morgan fingerprint density at radius 3 is 2.29 bits per heavy atom. The van der Waals surface area contributed by atoms with Gasteiger partial charge in [0.2, 0.25) is 15.9 Å². The van der Waals surface area contributed by atoms with Crippen molar-refractivity contribution in [1.82, 2.24) is 9.62 Å². The Kier molecular flexibility index (Phi) is 6.52. The fourth-order valence-electron chi connectivity index (χ4n) is 3.45. The van der Waals surface area contributed by atoms with Crippen molar-refractivity contribution in [3.8, 4) is 0 Å². The second-order valence-electron chi connectivity index (χ2n) is 7.68. The third kappa shape index (κ3) is 5.20.